The Morgan fingerprint density at radius 2 is 1.43 bits per heavy atom. The molecule has 0 bridgehead atoms. The Morgan fingerprint density at radius 1 is 0.870 bits per heavy atom. The SMILES string of the molecule is COc1ccc(C(C)N2C(=O)c3ccccc3C2=O)cc1OC. The minimum absolute atomic E-state index is 0.270. The zero-order chi connectivity index (χ0) is 16.6. The third-order valence-electron chi connectivity index (χ3n) is 4.10. The predicted octanol–water partition coefficient (Wildman–Crippen LogP) is 3.06. The smallest absolute Gasteiger partial charge is 0.262 e. The first-order chi connectivity index (χ1) is 11.1. The number of carbonyl (C=O) groups excluding carboxylic acids is 2. The van der Waals surface area contributed by atoms with Crippen molar-refractivity contribution in [1.29, 1.82) is 0 Å². The van der Waals surface area contributed by atoms with Gasteiger partial charge in [-0.3, -0.25) is 14.5 Å². The summed E-state index contributed by atoms with van der Waals surface area (Å²) in [6, 6.07) is 11.9. The maximum atomic E-state index is 12.5. The molecule has 0 aliphatic carbocycles. The number of ether oxygens (including phenoxy) is 2. The number of imide groups is 1. The van der Waals surface area contributed by atoms with Crippen LogP contribution in [0.5, 0.6) is 11.5 Å². The average Bonchev–Trinajstić information content (AvgIpc) is 2.85. The number of fused-ring (bicyclic) bond motifs is 1. The topological polar surface area (TPSA) is 55.8 Å². The van der Waals surface area contributed by atoms with E-state index < -0.39 is 6.04 Å². The van der Waals surface area contributed by atoms with Gasteiger partial charge in [-0.1, -0.05) is 18.2 Å². The number of amides is 2. The fraction of sp³-hybridized carbons (Fsp3) is 0.222. The van der Waals surface area contributed by atoms with Crippen LogP contribution in [-0.2, 0) is 0 Å². The number of hydrogen-bond acceptors (Lipinski definition) is 4. The Hall–Kier alpha value is -2.82. The standard InChI is InChI=1S/C18H17NO4/c1-11(12-8-9-15(22-2)16(10-12)23-3)19-17(20)13-6-4-5-7-14(13)18(19)21/h4-11H,1-3H3. The van der Waals surface area contributed by atoms with Crippen LogP contribution in [0.4, 0.5) is 0 Å². The maximum absolute atomic E-state index is 12.5. The molecule has 2 aromatic rings. The van der Waals surface area contributed by atoms with E-state index in [9.17, 15) is 9.59 Å². The van der Waals surface area contributed by atoms with E-state index in [0.717, 1.165) is 5.56 Å². The van der Waals surface area contributed by atoms with Crippen molar-refractivity contribution in [2.75, 3.05) is 14.2 Å². The lowest BCUT2D eigenvalue weighted by Crippen LogP contribution is -2.32. The van der Waals surface area contributed by atoms with Crippen LogP contribution in [0.25, 0.3) is 0 Å². The molecule has 1 aliphatic heterocycles. The molecule has 5 nitrogen and oxygen atoms in total. The Labute approximate surface area is 134 Å². The summed E-state index contributed by atoms with van der Waals surface area (Å²) in [4.78, 5) is 26.4. The molecule has 3 rings (SSSR count). The van der Waals surface area contributed by atoms with Gasteiger partial charge in [-0.15, -0.1) is 0 Å². The highest BCUT2D eigenvalue weighted by Gasteiger charge is 2.38. The van der Waals surface area contributed by atoms with Gasteiger partial charge in [0.05, 0.1) is 31.4 Å². The molecule has 2 amide bonds. The lowest BCUT2D eigenvalue weighted by atomic mass is 10.1. The van der Waals surface area contributed by atoms with Crippen LogP contribution < -0.4 is 9.47 Å². The van der Waals surface area contributed by atoms with Crippen LogP contribution in [0.3, 0.4) is 0 Å². The van der Waals surface area contributed by atoms with Crippen LogP contribution in [0.15, 0.2) is 42.5 Å². The van der Waals surface area contributed by atoms with Crippen LogP contribution in [-0.4, -0.2) is 30.9 Å². The highest BCUT2D eigenvalue weighted by atomic mass is 16.5. The van der Waals surface area contributed by atoms with E-state index in [0.29, 0.717) is 22.6 Å². The largest absolute Gasteiger partial charge is 0.493 e. The molecule has 1 atom stereocenters. The van der Waals surface area contributed by atoms with Crippen molar-refractivity contribution < 1.29 is 19.1 Å². The molecule has 5 heteroatoms. The van der Waals surface area contributed by atoms with Gasteiger partial charge in [0.1, 0.15) is 0 Å². The fourth-order valence-electron chi connectivity index (χ4n) is 2.82. The molecule has 0 aromatic heterocycles. The highest BCUT2D eigenvalue weighted by Crippen LogP contribution is 2.35. The monoisotopic (exact) mass is 311 g/mol. The molecule has 1 heterocycles. The minimum Gasteiger partial charge on any atom is -0.493 e. The molecule has 0 radical (unpaired) electrons. The summed E-state index contributed by atoms with van der Waals surface area (Å²) in [7, 11) is 3.11. The Bertz CT molecular complexity index is 749. The van der Waals surface area contributed by atoms with Crippen LogP contribution in [0.2, 0.25) is 0 Å². The second kappa shape index (κ2) is 5.76. The molecule has 0 N–H and O–H groups in total. The summed E-state index contributed by atoms with van der Waals surface area (Å²) in [5.41, 5.74) is 1.70. The molecule has 2 aromatic carbocycles. The van der Waals surface area contributed by atoms with Crippen LogP contribution in [0.1, 0.15) is 39.2 Å². The van der Waals surface area contributed by atoms with Crippen LogP contribution in [0, 0.1) is 0 Å². The molecule has 0 saturated heterocycles. The van der Waals surface area contributed by atoms with Crippen molar-refractivity contribution in [2.45, 2.75) is 13.0 Å². The van der Waals surface area contributed by atoms with Gasteiger partial charge < -0.3 is 9.47 Å². The van der Waals surface area contributed by atoms with E-state index in [-0.39, 0.29) is 11.8 Å². The van der Waals surface area contributed by atoms with Crippen molar-refractivity contribution in [2.24, 2.45) is 0 Å². The van der Waals surface area contributed by atoms with Crippen LogP contribution >= 0.6 is 0 Å². The van der Waals surface area contributed by atoms with Crippen molar-refractivity contribution in [3.63, 3.8) is 0 Å². The Balaban J connectivity index is 1.97. The first kappa shape index (κ1) is 15.1. The first-order valence-corrected chi connectivity index (χ1v) is 7.27. The Morgan fingerprint density at radius 3 is 1.96 bits per heavy atom. The summed E-state index contributed by atoms with van der Waals surface area (Å²) in [5.74, 6) is 0.625. The normalized spacial score (nSPS) is 14.7. The summed E-state index contributed by atoms with van der Waals surface area (Å²) >= 11 is 0. The van der Waals surface area contributed by atoms with Gasteiger partial charge in [0.25, 0.3) is 11.8 Å². The molecular formula is C18H17NO4. The summed E-state index contributed by atoms with van der Waals surface area (Å²) in [5, 5.41) is 0. The van der Waals surface area contributed by atoms with E-state index in [4.69, 9.17) is 9.47 Å². The predicted molar refractivity (Wildman–Crippen MR) is 84.9 cm³/mol. The van der Waals surface area contributed by atoms with Gasteiger partial charge >= 0.3 is 0 Å². The van der Waals surface area contributed by atoms with E-state index >= 15 is 0 Å². The molecule has 118 valence electrons. The summed E-state index contributed by atoms with van der Waals surface area (Å²) in [6.07, 6.45) is 0. The molecular weight excluding hydrogens is 294 g/mol. The van der Waals surface area contributed by atoms with E-state index in [1.165, 1.54) is 4.90 Å². The van der Waals surface area contributed by atoms with E-state index in [1.807, 2.05) is 13.0 Å². The molecule has 1 unspecified atom stereocenters. The lowest BCUT2D eigenvalue weighted by Gasteiger charge is -2.23. The fourth-order valence-corrected chi connectivity index (χ4v) is 2.82. The van der Waals surface area contributed by atoms with Crippen molar-refractivity contribution >= 4 is 11.8 Å². The molecule has 23 heavy (non-hydrogen) atoms. The van der Waals surface area contributed by atoms with Gasteiger partial charge in [0.2, 0.25) is 0 Å². The van der Waals surface area contributed by atoms with Gasteiger partial charge in [0, 0.05) is 0 Å². The van der Waals surface area contributed by atoms with Gasteiger partial charge in [-0.05, 0) is 36.8 Å². The van der Waals surface area contributed by atoms with Crippen molar-refractivity contribution in [1.82, 2.24) is 4.90 Å². The van der Waals surface area contributed by atoms with Crippen molar-refractivity contribution in [3.8, 4) is 11.5 Å². The number of hydrogen-bond donors (Lipinski definition) is 0. The molecule has 0 spiro atoms. The van der Waals surface area contributed by atoms with Crippen molar-refractivity contribution in [3.05, 3.63) is 59.2 Å². The zero-order valence-corrected chi connectivity index (χ0v) is 13.2. The number of benzene rings is 2. The quantitative estimate of drug-likeness (QED) is 0.814. The average molecular weight is 311 g/mol. The summed E-state index contributed by atoms with van der Waals surface area (Å²) < 4.78 is 10.5. The number of rotatable bonds is 4. The maximum Gasteiger partial charge on any atom is 0.262 e. The van der Waals surface area contributed by atoms with E-state index in [2.05, 4.69) is 0 Å². The molecule has 0 fully saturated rings. The number of methoxy groups -OCH3 is 2. The van der Waals surface area contributed by atoms with Gasteiger partial charge in [0.15, 0.2) is 11.5 Å². The molecule has 1 aliphatic rings. The first-order valence-electron chi connectivity index (χ1n) is 7.27. The van der Waals surface area contributed by atoms with Gasteiger partial charge in [-0.25, -0.2) is 0 Å². The third-order valence-corrected chi connectivity index (χ3v) is 4.10. The molecule has 0 saturated carbocycles. The third kappa shape index (κ3) is 2.34. The second-order valence-corrected chi connectivity index (χ2v) is 5.32. The summed E-state index contributed by atoms with van der Waals surface area (Å²) in [6.45, 7) is 1.82. The highest BCUT2D eigenvalue weighted by molar-refractivity contribution is 6.21. The number of nitrogens with zero attached hydrogens (tertiary/aromatic N) is 1. The zero-order valence-electron chi connectivity index (χ0n) is 13.2. The minimum atomic E-state index is -0.401. The second-order valence-electron chi connectivity index (χ2n) is 5.32. The Kier molecular flexibility index (Phi) is 3.78. The number of carbonyl (C=O) groups is 2. The van der Waals surface area contributed by atoms with E-state index in [1.54, 1.807) is 50.6 Å². The lowest BCUT2D eigenvalue weighted by molar-refractivity contribution is 0.0595. The van der Waals surface area contributed by atoms with Gasteiger partial charge in [-0.2, -0.15) is 0 Å².